The van der Waals surface area contributed by atoms with Crippen LogP contribution in [0.4, 0.5) is 0 Å². The fraction of sp³-hybridized carbons (Fsp3) is 0.571. The van der Waals surface area contributed by atoms with E-state index in [-0.39, 0.29) is 12.3 Å². The maximum atomic E-state index is 5.64. The number of rotatable bonds is 8. The van der Waals surface area contributed by atoms with E-state index < -0.39 is 0 Å². The molecule has 0 heterocycles. The third-order valence-electron chi connectivity index (χ3n) is 2.70. The van der Waals surface area contributed by atoms with Gasteiger partial charge in [-0.3, -0.25) is 0 Å². The van der Waals surface area contributed by atoms with Crippen molar-refractivity contribution in [1.82, 2.24) is 5.32 Å². The van der Waals surface area contributed by atoms with Gasteiger partial charge in [0.2, 0.25) is 0 Å². The summed E-state index contributed by atoms with van der Waals surface area (Å²) in [6, 6.07) is 7.90. The fourth-order valence-corrected chi connectivity index (χ4v) is 1.86. The van der Waals surface area contributed by atoms with E-state index in [4.69, 9.17) is 14.2 Å². The maximum absolute atomic E-state index is 5.64. The first-order valence-corrected chi connectivity index (χ1v) is 6.31. The molecule has 1 aromatic carbocycles. The molecule has 4 nitrogen and oxygen atoms in total. The molecule has 0 aromatic heterocycles. The fourth-order valence-electron chi connectivity index (χ4n) is 1.86. The van der Waals surface area contributed by atoms with Gasteiger partial charge in [-0.25, -0.2) is 0 Å². The lowest BCUT2D eigenvalue weighted by molar-refractivity contribution is -0.154. The molecule has 0 fully saturated rings. The van der Waals surface area contributed by atoms with Crippen LogP contribution in [0, 0.1) is 0 Å². The Balaban J connectivity index is 2.90. The summed E-state index contributed by atoms with van der Waals surface area (Å²) in [5, 5.41) is 3.23. The molecule has 0 radical (unpaired) electrons. The van der Waals surface area contributed by atoms with Gasteiger partial charge >= 0.3 is 0 Å². The third-order valence-corrected chi connectivity index (χ3v) is 2.70. The first-order valence-electron chi connectivity index (χ1n) is 6.31. The minimum atomic E-state index is -0.294. The Morgan fingerprint density at radius 1 is 1.17 bits per heavy atom. The van der Waals surface area contributed by atoms with E-state index in [1.54, 1.807) is 7.11 Å². The number of nitrogens with one attached hydrogen (secondary N) is 1. The zero-order chi connectivity index (χ0) is 13.4. The number of hydrogen-bond donors (Lipinski definition) is 1. The predicted molar refractivity (Wildman–Crippen MR) is 71.8 cm³/mol. The quantitative estimate of drug-likeness (QED) is 0.722. The first kappa shape index (κ1) is 15.0. The van der Waals surface area contributed by atoms with Crippen molar-refractivity contribution in [3.05, 3.63) is 29.8 Å². The van der Waals surface area contributed by atoms with Crippen molar-refractivity contribution < 1.29 is 14.2 Å². The van der Waals surface area contributed by atoms with Crippen LogP contribution in [0.3, 0.4) is 0 Å². The summed E-state index contributed by atoms with van der Waals surface area (Å²) in [6.07, 6.45) is -0.294. The van der Waals surface area contributed by atoms with Crippen molar-refractivity contribution in [2.45, 2.75) is 26.2 Å². The zero-order valence-corrected chi connectivity index (χ0v) is 11.6. The highest BCUT2D eigenvalue weighted by Crippen LogP contribution is 2.23. The van der Waals surface area contributed by atoms with Gasteiger partial charge in [0.05, 0.1) is 13.2 Å². The molecule has 1 N–H and O–H groups in total. The van der Waals surface area contributed by atoms with Crippen LogP contribution in [0.25, 0.3) is 0 Å². The van der Waals surface area contributed by atoms with E-state index in [1.807, 2.05) is 45.2 Å². The Labute approximate surface area is 109 Å². The Bertz CT molecular complexity index is 338. The third kappa shape index (κ3) is 3.98. The number of methoxy groups -OCH3 is 1. The van der Waals surface area contributed by atoms with Crippen LogP contribution in [0.15, 0.2) is 24.3 Å². The minimum Gasteiger partial charge on any atom is -0.497 e. The van der Waals surface area contributed by atoms with Crippen LogP contribution in [0.1, 0.15) is 25.5 Å². The molecule has 0 aliphatic carbocycles. The summed E-state index contributed by atoms with van der Waals surface area (Å²) < 4.78 is 16.5. The Kier molecular flexibility index (Phi) is 6.72. The second-order valence-corrected chi connectivity index (χ2v) is 3.82. The average molecular weight is 253 g/mol. The molecule has 0 aliphatic rings. The van der Waals surface area contributed by atoms with Gasteiger partial charge < -0.3 is 19.5 Å². The largest absolute Gasteiger partial charge is 0.497 e. The van der Waals surface area contributed by atoms with Gasteiger partial charge in [0.15, 0.2) is 6.29 Å². The van der Waals surface area contributed by atoms with Crippen molar-refractivity contribution >= 4 is 0 Å². The normalized spacial score (nSPS) is 12.7. The van der Waals surface area contributed by atoms with E-state index in [2.05, 4.69) is 5.32 Å². The summed E-state index contributed by atoms with van der Waals surface area (Å²) in [6.45, 7) is 5.16. The standard InChI is InChI=1S/C14H23NO3/c1-5-17-14(18-6-2)13(15-3)11-8-7-9-12(10-11)16-4/h7-10,13-15H,5-6H2,1-4H3. The monoisotopic (exact) mass is 253 g/mol. The number of ether oxygens (including phenoxy) is 3. The highest BCUT2D eigenvalue weighted by atomic mass is 16.7. The van der Waals surface area contributed by atoms with Gasteiger partial charge in [0.1, 0.15) is 5.75 Å². The molecule has 0 saturated heterocycles. The van der Waals surface area contributed by atoms with Gasteiger partial charge in [0.25, 0.3) is 0 Å². The van der Waals surface area contributed by atoms with Gasteiger partial charge in [-0.05, 0) is 38.6 Å². The van der Waals surface area contributed by atoms with Crippen LogP contribution >= 0.6 is 0 Å². The van der Waals surface area contributed by atoms with E-state index in [9.17, 15) is 0 Å². The van der Waals surface area contributed by atoms with Crippen molar-refractivity contribution in [1.29, 1.82) is 0 Å². The molecule has 18 heavy (non-hydrogen) atoms. The van der Waals surface area contributed by atoms with Crippen molar-refractivity contribution in [3.8, 4) is 5.75 Å². The molecule has 0 saturated carbocycles. The molecule has 1 unspecified atom stereocenters. The highest BCUT2D eigenvalue weighted by Gasteiger charge is 2.22. The maximum Gasteiger partial charge on any atom is 0.176 e. The van der Waals surface area contributed by atoms with Crippen LogP contribution in [-0.4, -0.2) is 33.7 Å². The molecule has 1 aromatic rings. The summed E-state index contributed by atoms with van der Waals surface area (Å²) in [4.78, 5) is 0. The van der Waals surface area contributed by atoms with E-state index in [0.717, 1.165) is 11.3 Å². The van der Waals surface area contributed by atoms with E-state index >= 15 is 0 Å². The molecule has 1 rings (SSSR count). The van der Waals surface area contributed by atoms with Crippen LogP contribution in [0.2, 0.25) is 0 Å². The number of benzene rings is 1. The smallest absolute Gasteiger partial charge is 0.176 e. The van der Waals surface area contributed by atoms with E-state index in [1.165, 1.54) is 0 Å². The topological polar surface area (TPSA) is 39.7 Å². The van der Waals surface area contributed by atoms with Crippen molar-refractivity contribution in [2.75, 3.05) is 27.4 Å². The summed E-state index contributed by atoms with van der Waals surface area (Å²) in [5.41, 5.74) is 1.09. The van der Waals surface area contributed by atoms with Gasteiger partial charge in [-0.1, -0.05) is 12.1 Å². The SMILES string of the molecule is CCOC(OCC)C(NC)c1cccc(OC)c1. The van der Waals surface area contributed by atoms with Gasteiger partial charge in [-0.15, -0.1) is 0 Å². The van der Waals surface area contributed by atoms with E-state index in [0.29, 0.717) is 13.2 Å². The van der Waals surface area contributed by atoms with Crippen LogP contribution in [0.5, 0.6) is 5.75 Å². The molecule has 102 valence electrons. The Hall–Kier alpha value is -1.10. The molecule has 0 bridgehead atoms. The lowest BCUT2D eigenvalue weighted by Gasteiger charge is -2.27. The molecule has 0 spiro atoms. The average Bonchev–Trinajstić information content (AvgIpc) is 2.40. The summed E-state index contributed by atoms with van der Waals surface area (Å²) in [5.74, 6) is 0.833. The molecule has 0 amide bonds. The second-order valence-electron chi connectivity index (χ2n) is 3.82. The molecule has 0 aliphatic heterocycles. The second kappa shape index (κ2) is 8.08. The molecule has 1 atom stereocenters. The number of likely N-dealkylation sites (N-methyl/N-ethyl adjacent to an activating group) is 1. The Morgan fingerprint density at radius 3 is 2.33 bits per heavy atom. The summed E-state index contributed by atoms with van der Waals surface area (Å²) in [7, 11) is 3.56. The minimum absolute atomic E-state index is 0.0139. The lowest BCUT2D eigenvalue weighted by atomic mass is 10.1. The lowest BCUT2D eigenvalue weighted by Crippen LogP contribution is -2.34. The summed E-state index contributed by atoms with van der Waals surface area (Å²) >= 11 is 0. The molecular formula is C14H23NO3. The van der Waals surface area contributed by atoms with Crippen molar-refractivity contribution in [3.63, 3.8) is 0 Å². The molecular weight excluding hydrogens is 230 g/mol. The highest BCUT2D eigenvalue weighted by molar-refractivity contribution is 5.30. The Morgan fingerprint density at radius 2 is 1.83 bits per heavy atom. The number of hydrogen-bond acceptors (Lipinski definition) is 4. The zero-order valence-electron chi connectivity index (χ0n) is 11.6. The molecule has 4 heteroatoms. The van der Waals surface area contributed by atoms with Gasteiger partial charge in [0, 0.05) is 13.2 Å². The van der Waals surface area contributed by atoms with Gasteiger partial charge in [-0.2, -0.15) is 0 Å². The predicted octanol–water partition coefficient (Wildman–Crippen LogP) is 2.35. The van der Waals surface area contributed by atoms with Crippen LogP contribution in [-0.2, 0) is 9.47 Å². The van der Waals surface area contributed by atoms with Crippen LogP contribution < -0.4 is 10.1 Å². The van der Waals surface area contributed by atoms with Crippen molar-refractivity contribution in [2.24, 2.45) is 0 Å². The first-order chi connectivity index (χ1) is 8.76.